The van der Waals surface area contributed by atoms with Gasteiger partial charge in [-0.2, -0.15) is 0 Å². The van der Waals surface area contributed by atoms with Crippen molar-refractivity contribution in [2.45, 2.75) is 59.0 Å². The molecule has 2 atom stereocenters. The summed E-state index contributed by atoms with van der Waals surface area (Å²) in [5.41, 5.74) is 0. The zero-order chi connectivity index (χ0) is 9.14. The Bertz CT molecular complexity index is 115. The van der Waals surface area contributed by atoms with Crippen molar-refractivity contribution in [3.8, 4) is 0 Å². The van der Waals surface area contributed by atoms with Crippen LogP contribution in [-0.4, -0.2) is 12.1 Å². The number of hydrogen-bond donors (Lipinski definition) is 1. The van der Waals surface area contributed by atoms with Crippen LogP contribution in [0, 0.1) is 11.8 Å². The van der Waals surface area contributed by atoms with Gasteiger partial charge in [-0.25, -0.2) is 0 Å². The summed E-state index contributed by atoms with van der Waals surface area (Å²) in [4.78, 5) is 0. The first-order valence-corrected chi connectivity index (χ1v) is 5.51. The Labute approximate surface area is 76.9 Å². The Morgan fingerprint density at radius 3 is 1.67 bits per heavy atom. The molecule has 72 valence electrons. The van der Waals surface area contributed by atoms with Crippen molar-refractivity contribution in [2.75, 3.05) is 0 Å². The zero-order valence-electron chi connectivity index (χ0n) is 8.93. The number of hydrogen-bond acceptors (Lipinski definition) is 1. The molecular formula is C11H23N. The monoisotopic (exact) mass is 169 g/mol. The largest absolute Gasteiger partial charge is 0.311 e. The molecule has 1 nitrogen and oxygen atoms in total. The highest BCUT2D eigenvalue weighted by Gasteiger charge is 2.38. The van der Waals surface area contributed by atoms with E-state index in [9.17, 15) is 0 Å². The second-order valence-electron chi connectivity index (χ2n) is 4.27. The zero-order valence-corrected chi connectivity index (χ0v) is 8.93. The highest BCUT2D eigenvalue weighted by atomic mass is 15.0. The van der Waals surface area contributed by atoms with Gasteiger partial charge in [0.05, 0.1) is 0 Å². The van der Waals surface area contributed by atoms with E-state index in [1.54, 1.807) is 0 Å². The molecular weight excluding hydrogens is 146 g/mol. The maximum absolute atomic E-state index is 3.56. The molecule has 3 rings (SSSR count). The van der Waals surface area contributed by atoms with E-state index in [4.69, 9.17) is 0 Å². The lowest BCUT2D eigenvalue weighted by Gasteiger charge is -2.47. The first-order chi connectivity index (χ1) is 5.75. The average molecular weight is 169 g/mol. The molecule has 1 heteroatoms. The van der Waals surface area contributed by atoms with Crippen LogP contribution in [0.2, 0.25) is 0 Å². The molecule has 0 amide bonds. The lowest BCUT2D eigenvalue weighted by atomic mass is 9.72. The first-order valence-electron chi connectivity index (χ1n) is 5.51. The predicted molar refractivity (Wildman–Crippen MR) is 54.2 cm³/mol. The van der Waals surface area contributed by atoms with Gasteiger partial charge in [-0.3, -0.25) is 0 Å². The fourth-order valence-corrected chi connectivity index (χ4v) is 2.35. The van der Waals surface area contributed by atoms with Gasteiger partial charge in [0.25, 0.3) is 0 Å². The predicted octanol–water partition coefficient (Wildman–Crippen LogP) is 2.81. The van der Waals surface area contributed by atoms with E-state index in [0.29, 0.717) is 0 Å². The van der Waals surface area contributed by atoms with Gasteiger partial charge in [0.15, 0.2) is 0 Å². The van der Waals surface area contributed by atoms with E-state index in [2.05, 4.69) is 19.2 Å². The van der Waals surface area contributed by atoms with Crippen molar-refractivity contribution in [3.05, 3.63) is 0 Å². The van der Waals surface area contributed by atoms with Crippen LogP contribution in [0.1, 0.15) is 47.0 Å². The summed E-state index contributed by atoms with van der Waals surface area (Å²) < 4.78 is 0. The van der Waals surface area contributed by atoms with Gasteiger partial charge in [0, 0.05) is 12.1 Å². The summed E-state index contributed by atoms with van der Waals surface area (Å²) in [6, 6.07) is 1.79. The van der Waals surface area contributed by atoms with Crippen LogP contribution in [-0.2, 0) is 0 Å². The SMILES string of the molecule is CC.CC(C)C1CC2CC(C1)N2. The first kappa shape index (κ1) is 10.0. The number of piperidine rings is 1. The molecule has 3 fully saturated rings. The average Bonchev–Trinajstić information content (AvgIpc) is 2.07. The van der Waals surface area contributed by atoms with Crippen LogP contribution < -0.4 is 5.32 Å². The molecule has 2 heterocycles. The van der Waals surface area contributed by atoms with Gasteiger partial charge in [-0.1, -0.05) is 27.7 Å². The van der Waals surface area contributed by atoms with Crippen molar-refractivity contribution >= 4 is 0 Å². The van der Waals surface area contributed by atoms with Crippen LogP contribution in [0.15, 0.2) is 0 Å². The van der Waals surface area contributed by atoms with E-state index in [1.807, 2.05) is 13.8 Å². The summed E-state index contributed by atoms with van der Waals surface area (Å²) >= 11 is 0. The third-order valence-corrected chi connectivity index (χ3v) is 3.16. The van der Waals surface area contributed by atoms with Gasteiger partial charge in [0.2, 0.25) is 0 Å². The molecule has 1 N–H and O–H groups in total. The molecule has 2 aliphatic heterocycles. The maximum atomic E-state index is 3.56. The second kappa shape index (κ2) is 4.27. The Kier molecular flexibility index (Phi) is 3.57. The molecule has 0 aromatic carbocycles. The van der Waals surface area contributed by atoms with Gasteiger partial charge < -0.3 is 5.32 Å². The molecule has 12 heavy (non-hydrogen) atoms. The van der Waals surface area contributed by atoms with Crippen molar-refractivity contribution < 1.29 is 0 Å². The molecule has 0 spiro atoms. The van der Waals surface area contributed by atoms with Crippen molar-refractivity contribution in [1.29, 1.82) is 0 Å². The summed E-state index contributed by atoms with van der Waals surface area (Å²) in [6.45, 7) is 8.71. The standard InChI is InChI=1S/C9H17N.C2H6/c1-6(2)7-3-8-5-9(4-7)10-8;1-2/h6-10H,3-5H2,1-2H3;1-2H3. The van der Waals surface area contributed by atoms with E-state index < -0.39 is 0 Å². The van der Waals surface area contributed by atoms with Crippen molar-refractivity contribution in [3.63, 3.8) is 0 Å². The fourth-order valence-electron chi connectivity index (χ4n) is 2.35. The highest BCUT2D eigenvalue weighted by Crippen LogP contribution is 2.36. The summed E-state index contributed by atoms with van der Waals surface area (Å²) in [5, 5.41) is 3.56. The van der Waals surface area contributed by atoms with Gasteiger partial charge in [-0.05, 0) is 31.1 Å². The minimum atomic E-state index is 0.895. The molecule has 0 aromatic rings. The molecule has 2 bridgehead atoms. The molecule has 0 aromatic heterocycles. The summed E-state index contributed by atoms with van der Waals surface area (Å²) in [7, 11) is 0. The molecule has 1 aliphatic carbocycles. The Morgan fingerprint density at radius 1 is 1.00 bits per heavy atom. The number of rotatable bonds is 1. The van der Waals surface area contributed by atoms with Crippen LogP contribution in [0.4, 0.5) is 0 Å². The second-order valence-corrected chi connectivity index (χ2v) is 4.27. The fraction of sp³-hybridized carbons (Fsp3) is 1.00. The smallest absolute Gasteiger partial charge is 0.00872 e. The lowest BCUT2D eigenvalue weighted by Crippen LogP contribution is -2.58. The maximum Gasteiger partial charge on any atom is 0.00872 e. The quantitative estimate of drug-likeness (QED) is 0.636. The summed E-state index contributed by atoms with van der Waals surface area (Å²) in [5.74, 6) is 1.93. The molecule has 0 radical (unpaired) electrons. The van der Waals surface area contributed by atoms with Crippen LogP contribution >= 0.6 is 0 Å². The van der Waals surface area contributed by atoms with Gasteiger partial charge in [0.1, 0.15) is 0 Å². The van der Waals surface area contributed by atoms with Crippen molar-refractivity contribution in [2.24, 2.45) is 11.8 Å². The lowest BCUT2D eigenvalue weighted by molar-refractivity contribution is 0.102. The molecule has 2 unspecified atom stereocenters. The van der Waals surface area contributed by atoms with E-state index >= 15 is 0 Å². The minimum absolute atomic E-state index is 0.895. The topological polar surface area (TPSA) is 12.0 Å². The van der Waals surface area contributed by atoms with E-state index in [1.165, 1.54) is 19.3 Å². The van der Waals surface area contributed by atoms with Gasteiger partial charge in [-0.15, -0.1) is 0 Å². The van der Waals surface area contributed by atoms with E-state index in [-0.39, 0.29) is 0 Å². The number of nitrogens with one attached hydrogen (secondary N) is 1. The molecule has 3 aliphatic rings. The van der Waals surface area contributed by atoms with Crippen LogP contribution in [0.25, 0.3) is 0 Å². The van der Waals surface area contributed by atoms with E-state index in [0.717, 1.165) is 23.9 Å². The summed E-state index contributed by atoms with van der Waals surface area (Å²) in [6.07, 6.45) is 4.34. The third-order valence-electron chi connectivity index (χ3n) is 3.16. The van der Waals surface area contributed by atoms with Crippen LogP contribution in [0.5, 0.6) is 0 Å². The highest BCUT2D eigenvalue weighted by molar-refractivity contribution is 4.97. The minimum Gasteiger partial charge on any atom is -0.311 e. The molecule has 1 saturated carbocycles. The normalized spacial score (nSPS) is 38.2. The molecule has 2 saturated heterocycles. The van der Waals surface area contributed by atoms with Crippen LogP contribution in [0.3, 0.4) is 0 Å². The van der Waals surface area contributed by atoms with Gasteiger partial charge >= 0.3 is 0 Å². The Morgan fingerprint density at radius 2 is 1.42 bits per heavy atom. The Hall–Kier alpha value is -0.0400. The third kappa shape index (κ3) is 2.01. The van der Waals surface area contributed by atoms with Crippen molar-refractivity contribution in [1.82, 2.24) is 5.32 Å². The number of fused-ring (bicyclic) bond motifs is 2. The Balaban J connectivity index is 0.000000336.